The minimum atomic E-state index is -0.446. The van der Waals surface area contributed by atoms with Gasteiger partial charge in [-0.25, -0.2) is 0 Å². The maximum Gasteiger partial charge on any atom is 0.222 e. The molecule has 0 fully saturated rings. The summed E-state index contributed by atoms with van der Waals surface area (Å²) >= 11 is 0. The summed E-state index contributed by atoms with van der Waals surface area (Å²) in [6.45, 7) is 3.75. The average Bonchev–Trinajstić information content (AvgIpc) is 2.27. The minimum Gasteiger partial charge on any atom is -0.349 e. The molecule has 1 amide bonds. The second kappa shape index (κ2) is 5.11. The molecule has 3 N–H and O–H groups in total. The highest BCUT2D eigenvalue weighted by atomic mass is 16.1. The van der Waals surface area contributed by atoms with E-state index in [1.807, 2.05) is 19.9 Å². The second-order valence-corrected chi connectivity index (χ2v) is 5.88. The molecule has 0 aliphatic heterocycles. The van der Waals surface area contributed by atoms with Crippen LogP contribution in [0.5, 0.6) is 0 Å². The van der Waals surface area contributed by atoms with Crippen LogP contribution in [0.2, 0.25) is 0 Å². The Labute approximate surface area is 109 Å². The van der Waals surface area contributed by atoms with Crippen LogP contribution in [0.4, 0.5) is 0 Å². The van der Waals surface area contributed by atoms with Gasteiger partial charge < -0.3 is 11.1 Å². The third-order valence-electron chi connectivity index (χ3n) is 3.32. The summed E-state index contributed by atoms with van der Waals surface area (Å²) in [6.07, 6.45) is 3.64. The lowest BCUT2D eigenvalue weighted by atomic mass is 9.87. The first-order valence-corrected chi connectivity index (χ1v) is 6.62. The minimum absolute atomic E-state index is 0.0456. The molecule has 1 aliphatic rings. The highest BCUT2D eigenvalue weighted by Gasteiger charge is 2.23. The number of carbonyl (C=O) groups is 1. The van der Waals surface area contributed by atoms with E-state index in [2.05, 4.69) is 23.5 Å². The van der Waals surface area contributed by atoms with Crippen LogP contribution in [0.3, 0.4) is 0 Å². The summed E-state index contributed by atoms with van der Waals surface area (Å²) in [4.78, 5) is 11.9. The first-order chi connectivity index (χ1) is 8.46. The molecular weight excluding hydrogens is 224 g/mol. The van der Waals surface area contributed by atoms with Gasteiger partial charge in [0, 0.05) is 12.0 Å². The van der Waals surface area contributed by atoms with Gasteiger partial charge in [0.2, 0.25) is 5.91 Å². The summed E-state index contributed by atoms with van der Waals surface area (Å²) in [5.41, 5.74) is 8.06. The lowest BCUT2D eigenvalue weighted by molar-refractivity contribution is -0.122. The molecule has 1 aliphatic carbocycles. The topological polar surface area (TPSA) is 55.1 Å². The summed E-state index contributed by atoms with van der Waals surface area (Å²) < 4.78 is 0. The SMILES string of the molecule is CC(C)(N)CC(=O)N[C@@H]1CCCc2ccccc21. The number of nitrogens with two attached hydrogens (primary N) is 1. The molecule has 1 aromatic rings. The molecule has 3 heteroatoms. The number of rotatable bonds is 3. The first kappa shape index (κ1) is 13.1. The molecular formula is C15H22N2O. The van der Waals surface area contributed by atoms with E-state index in [-0.39, 0.29) is 11.9 Å². The zero-order chi connectivity index (χ0) is 13.2. The molecule has 1 aromatic carbocycles. The lowest BCUT2D eigenvalue weighted by Crippen LogP contribution is -2.40. The summed E-state index contributed by atoms with van der Waals surface area (Å²) in [6, 6.07) is 8.53. The van der Waals surface area contributed by atoms with Crippen LogP contribution < -0.4 is 11.1 Å². The molecule has 3 nitrogen and oxygen atoms in total. The van der Waals surface area contributed by atoms with Gasteiger partial charge in [-0.2, -0.15) is 0 Å². The standard InChI is InChI=1S/C15H22N2O/c1-15(2,16)10-14(18)17-13-9-5-7-11-6-3-4-8-12(11)13/h3-4,6,8,13H,5,7,9-10,16H2,1-2H3,(H,17,18)/t13-/m1/s1. The fourth-order valence-corrected chi connectivity index (χ4v) is 2.56. The van der Waals surface area contributed by atoms with Crippen LogP contribution in [0.25, 0.3) is 0 Å². The normalized spacial score (nSPS) is 19.2. The van der Waals surface area contributed by atoms with Crippen molar-refractivity contribution in [2.45, 2.75) is 51.1 Å². The number of fused-ring (bicyclic) bond motifs is 1. The number of amides is 1. The third kappa shape index (κ3) is 3.33. The van der Waals surface area contributed by atoms with Crippen molar-refractivity contribution in [3.63, 3.8) is 0 Å². The summed E-state index contributed by atoms with van der Waals surface area (Å²) in [7, 11) is 0. The molecule has 0 unspecified atom stereocenters. The monoisotopic (exact) mass is 246 g/mol. The Balaban J connectivity index is 2.05. The van der Waals surface area contributed by atoms with Gasteiger partial charge in [0.05, 0.1) is 6.04 Å². The van der Waals surface area contributed by atoms with E-state index in [1.54, 1.807) is 0 Å². The molecule has 0 aromatic heterocycles. The zero-order valence-electron chi connectivity index (χ0n) is 11.2. The van der Waals surface area contributed by atoms with Gasteiger partial charge in [-0.15, -0.1) is 0 Å². The quantitative estimate of drug-likeness (QED) is 0.860. The zero-order valence-corrected chi connectivity index (χ0v) is 11.2. The fourth-order valence-electron chi connectivity index (χ4n) is 2.56. The molecule has 0 radical (unpaired) electrons. The average molecular weight is 246 g/mol. The Morgan fingerprint density at radius 2 is 2.17 bits per heavy atom. The van der Waals surface area contributed by atoms with Crippen molar-refractivity contribution in [3.8, 4) is 0 Å². The largest absolute Gasteiger partial charge is 0.349 e. The number of hydrogen-bond donors (Lipinski definition) is 2. The summed E-state index contributed by atoms with van der Waals surface area (Å²) in [5.74, 6) is 0.0456. The Bertz CT molecular complexity index is 434. The van der Waals surface area contributed by atoms with Gasteiger partial charge in [-0.05, 0) is 44.2 Å². The summed E-state index contributed by atoms with van der Waals surface area (Å²) in [5, 5.41) is 3.11. The molecule has 18 heavy (non-hydrogen) atoms. The van der Waals surface area contributed by atoms with Gasteiger partial charge >= 0.3 is 0 Å². The van der Waals surface area contributed by atoms with Crippen molar-refractivity contribution < 1.29 is 4.79 Å². The second-order valence-electron chi connectivity index (χ2n) is 5.88. The van der Waals surface area contributed by atoms with E-state index in [0.29, 0.717) is 6.42 Å². The number of benzene rings is 1. The first-order valence-electron chi connectivity index (χ1n) is 6.62. The number of carbonyl (C=O) groups excluding carboxylic acids is 1. The van der Waals surface area contributed by atoms with E-state index < -0.39 is 5.54 Å². The van der Waals surface area contributed by atoms with Crippen molar-refractivity contribution in [2.75, 3.05) is 0 Å². The van der Waals surface area contributed by atoms with Crippen molar-refractivity contribution in [3.05, 3.63) is 35.4 Å². The van der Waals surface area contributed by atoms with Gasteiger partial charge in [0.15, 0.2) is 0 Å². The Kier molecular flexibility index (Phi) is 3.71. The smallest absolute Gasteiger partial charge is 0.222 e. The van der Waals surface area contributed by atoms with Crippen LogP contribution >= 0.6 is 0 Å². The van der Waals surface area contributed by atoms with Gasteiger partial charge in [-0.3, -0.25) is 4.79 Å². The van der Waals surface area contributed by atoms with Crippen LogP contribution in [-0.4, -0.2) is 11.4 Å². The van der Waals surface area contributed by atoms with Gasteiger partial charge in [0.25, 0.3) is 0 Å². The molecule has 2 rings (SSSR count). The van der Waals surface area contributed by atoms with Crippen molar-refractivity contribution >= 4 is 5.91 Å². The van der Waals surface area contributed by atoms with Crippen LogP contribution in [0, 0.1) is 0 Å². The highest BCUT2D eigenvalue weighted by Crippen LogP contribution is 2.29. The van der Waals surface area contributed by atoms with Gasteiger partial charge in [0.1, 0.15) is 0 Å². The van der Waals surface area contributed by atoms with Crippen LogP contribution in [0.1, 0.15) is 50.3 Å². The fraction of sp³-hybridized carbons (Fsp3) is 0.533. The van der Waals surface area contributed by atoms with E-state index in [4.69, 9.17) is 5.73 Å². The van der Waals surface area contributed by atoms with E-state index >= 15 is 0 Å². The maximum atomic E-state index is 11.9. The predicted octanol–water partition coefficient (Wildman–Crippen LogP) is 2.31. The molecule has 0 bridgehead atoms. The lowest BCUT2D eigenvalue weighted by Gasteiger charge is -2.27. The van der Waals surface area contributed by atoms with Crippen LogP contribution in [0.15, 0.2) is 24.3 Å². The van der Waals surface area contributed by atoms with Crippen molar-refractivity contribution in [1.29, 1.82) is 0 Å². The van der Waals surface area contributed by atoms with E-state index in [9.17, 15) is 4.79 Å². The van der Waals surface area contributed by atoms with Crippen molar-refractivity contribution in [2.24, 2.45) is 5.73 Å². The highest BCUT2D eigenvalue weighted by molar-refractivity contribution is 5.77. The van der Waals surface area contributed by atoms with E-state index in [0.717, 1.165) is 19.3 Å². The van der Waals surface area contributed by atoms with Crippen molar-refractivity contribution in [1.82, 2.24) is 5.32 Å². The number of nitrogens with one attached hydrogen (secondary N) is 1. The van der Waals surface area contributed by atoms with Crippen LogP contribution in [-0.2, 0) is 11.2 Å². The number of hydrogen-bond acceptors (Lipinski definition) is 2. The predicted molar refractivity (Wildman–Crippen MR) is 73.1 cm³/mol. The Hall–Kier alpha value is -1.35. The molecule has 1 atom stereocenters. The number of aryl methyl sites for hydroxylation is 1. The third-order valence-corrected chi connectivity index (χ3v) is 3.32. The van der Waals surface area contributed by atoms with E-state index in [1.165, 1.54) is 11.1 Å². The molecule has 98 valence electrons. The Morgan fingerprint density at radius 1 is 1.44 bits per heavy atom. The van der Waals surface area contributed by atoms with Gasteiger partial charge in [-0.1, -0.05) is 24.3 Å². The Morgan fingerprint density at radius 3 is 2.89 bits per heavy atom. The molecule has 0 heterocycles. The molecule has 0 saturated carbocycles. The molecule has 0 spiro atoms. The molecule has 0 saturated heterocycles. The maximum absolute atomic E-state index is 11.9.